The normalized spacial score (nSPS) is 11.9. The molecular weight excluding hydrogens is 445 g/mol. The summed E-state index contributed by atoms with van der Waals surface area (Å²) in [5.41, 5.74) is 3.36. The fraction of sp³-hybridized carbons (Fsp3) is 0.280. The summed E-state index contributed by atoms with van der Waals surface area (Å²) in [6.07, 6.45) is 2.12. The van der Waals surface area contributed by atoms with Gasteiger partial charge in [0.15, 0.2) is 11.5 Å². The zero-order valence-corrected chi connectivity index (χ0v) is 18.9. The predicted octanol–water partition coefficient (Wildman–Crippen LogP) is 6.29. The van der Waals surface area contributed by atoms with E-state index in [9.17, 15) is 4.39 Å². The van der Waals surface area contributed by atoms with Crippen molar-refractivity contribution in [1.29, 1.82) is 0 Å². The second kappa shape index (κ2) is 11.1. The topological polar surface area (TPSA) is 30.5 Å². The maximum atomic E-state index is 13.1. The molecule has 0 aliphatic carbocycles. The quantitative estimate of drug-likeness (QED) is 0.377. The van der Waals surface area contributed by atoms with Crippen molar-refractivity contribution in [1.82, 2.24) is 5.32 Å². The van der Waals surface area contributed by atoms with Gasteiger partial charge in [0.1, 0.15) is 12.4 Å². The van der Waals surface area contributed by atoms with Crippen LogP contribution in [0, 0.1) is 5.82 Å². The maximum absolute atomic E-state index is 13.1. The first-order valence-corrected chi connectivity index (χ1v) is 10.9. The molecule has 5 heteroatoms. The Balaban J connectivity index is 1.56. The fourth-order valence-electron chi connectivity index (χ4n) is 3.17. The lowest BCUT2D eigenvalue weighted by Gasteiger charge is -2.17. The van der Waals surface area contributed by atoms with Crippen molar-refractivity contribution in [3.05, 3.63) is 93.7 Å². The van der Waals surface area contributed by atoms with E-state index in [1.54, 1.807) is 19.2 Å². The molecule has 0 saturated heterocycles. The number of hydrogen-bond acceptors (Lipinski definition) is 3. The molecule has 0 amide bonds. The highest BCUT2D eigenvalue weighted by atomic mass is 79.9. The molecule has 0 saturated carbocycles. The molecule has 3 rings (SSSR count). The number of ether oxygens (including phenoxy) is 2. The minimum atomic E-state index is -0.257. The van der Waals surface area contributed by atoms with Gasteiger partial charge in [-0.1, -0.05) is 42.5 Å². The lowest BCUT2D eigenvalue weighted by Crippen LogP contribution is -2.26. The van der Waals surface area contributed by atoms with Crippen LogP contribution in [0.4, 0.5) is 4.39 Å². The number of halogens is 2. The number of hydrogen-bond donors (Lipinski definition) is 1. The molecule has 0 bridgehead atoms. The van der Waals surface area contributed by atoms with Crippen molar-refractivity contribution in [2.75, 3.05) is 7.11 Å². The van der Waals surface area contributed by atoms with Gasteiger partial charge in [0.25, 0.3) is 0 Å². The average molecular weight is 472 g/mol. The van der Waals surface area contributed by atoms with Crippen LogP contribution in [0.1, 0.15) is 30.0 Å². The molecule has 30 heavy (non-hydrogen) atoms. The summed E-state index contributed by atoms with van der Waals surface area (Å²) < 4.78 is 25.4. The second-order valence-electron chi connectivity index (χ2n) is 7.33. The number of benzene rings is 3. The summed E-state index contributed by atoms with van der Waals surface area (Å²) in [6, 6.07) is 21.2. The summed E-state index contributed by atoms with van der Waals surface area (Å²) in [5, 5.41) is 3.58. The molecule has 0 aliphatic rings. The molecule has 3 aromatic rings. The second-order valence-corrected chi connectivity index (χ2v) is 8.18. The van der Waals surface area contributed by atoms with E-state index in [1.165, 1.54) is 17.7 Å². The van der Waals surface area contributed by atoms with Crippen molar-refractivity contribution in [2.45, 2.75) is 39.0 Å². The molecule has 0 radical (unpaired) electrons. The van der Waals surface area contributed by atoms with Crippen LogP contribution >= 0.6 is 15.9 Å². The molecule has 158 valence electrons. The van der Waals surface area contributed by atoms with Gasteiger partial charge in [0.2, 0.25) is 0 Å². The van der Waals surface area contributed by atoms with Gasteiger partial charge in [-0.25, -0.2) is 4.39 Å². The molecule has 1 N–H and O–H groups in total. The molecule has 0 fully saturated rings. The number of rotatable bonds is 10. The van der Waals surface area contributed by atoms with Crippen molar-refractivity contribution in [3.8, 4) is 11.5 Å². The van der Waals surface area contributed by atoms with Crippen molar-refractivity contribution >= 4 is 15.9 Å². The number of nitrogens with one attached hydrogen (secondary N) is 1. The number of aryl methyl sites for hydroxylation is 1. The first kappa shape index (κ1) is 22.3. The molecule has 3 aromatic carbocycles. The smallest absolute Gasteiger partial charge is 0.175 e. The van der Waals surface area contributed by atoms with E-state index in [2.05, 4.69) is 52.4 Å². The Morgan fingerprint density at radius 2 is 1.70 bits per heavy atom. The minimum absolute atomic E-state index is 0.257. The Labute approximate surface area is 186 Å². The summed E-state index contributed by atoms with van der Waals surface area (Å²) in [7, 11) is 1.63. The third-order valence-electron chi connectivity index (χ3n) is 4.95. The van der Waals surface area contributed by atoms with Crippen LogP contribution < -0.4 is 14.8 Å². The highest BCUT2D eigenvalue weighted by molar-refractivity contribution is 9.10. The van der Waals surface area contributed by atoms with Gasteiger partial charge in [0, 0.05) is 12.6 Å². The van der Waals surface area contributed by atoms with E-state index in [1.807, 2.05) is 18.2 Å². The SMILES string of the molecule is COc1cc(CNC(C)CCc2ccccc2)cc(Br)c1OCc1ccc(F)cc1. The van der Waals surface area contributed by atoms with E-state index in [0.717, 1.165) is 35.0 Å². The van der Waals surface area contributed by atoms with Gasteiger partial charge in [-0.15, -0.1) is 0 Å². The highest BCUT2D eigenvalue weighted by Crippen LogP contribution is 2.37. The first-order chi connectivity index (χ1) is 14.5. The van der Waals surface area contributed by atoms with Crippen LogP contribution in [0.25, 0.3) is 0 Å². The molecule has 0 heterocycles. The standard InChI is InChI=1S/C25H27BrFNO2/c1-18(8-9-19-6-4-3-5-7-19)28-16-21-14-23(26)25(24(15-21)29-2)30-17-20-10-12-22(27)13-11-20/h3-7,10-15,18,28H,8-9,16-17H2,1-2H3. The third kappa shape index (κ3) is 6.57. The van der Waals surface area contributed by atoms with Gasteiger partial charge in [0.05, 0.1) is 11.6 Å². The minimum Gasteiger partial charge on any atom is -0.493 e. The highest BCUT2D eigenvalue weighted by Gasteiger charge is 2.13. The fourth-order valence-corrected chi connectivity index (χ4v) is 3.78. The predicted molar refractivity (Wildman–Crippen MR) is 122 cm³/mol. The van der Waals surface area contributed by atoms with Gasteiger partial charge in [-0.3, -0.25) is 0 Å². The van der Waals surface area contributed by atoms with E-state index >= 15 is 0 Å². The zero-order chi connectivity index (χ0) is 21.3. The van der Waals surface area contributed by atoms with E-state index in [0.29, 0.717) is 24.1 Å². The van der Waals surface area contributed by atoms with Crippen LogP contribution in [0.3, 0.4) is 0 Å². The van der Waals surface area contributed by atoms with Gasteiger partial charge in [-0.05, 0) is 76.7 Å². The largest absolute Gasteiger partial charge is 0.493 e. The Morgan fingerprint density at radius 1 is 0.967 bits per heavy atom. The van der Waals surface area contributed by atoms with Crippen molar-refractivity contribution in [3.63, 3.8) is 0 Å². The summed E-state index contributed by atoms with van der Waals surface area (Å²) in [4.78, 5) is 0. The maximum Gasteiger partial charge on any atom is 0.175 e. The number of methoxy groups -OCH3 is 1. The third-order valence-corrected chi connectivity index (χ3v) is 5.54. The molecule has 1 atom stereocenters. The van der Waals surface area contributed by atoms with Crippen LogP contribution in [0.2, 0.25) is 0 Å². The van der Waals surface area contributed by atoms with E-state index in [4.69, 9.17) is 9.47 Å². The molecule has 0 spiro atoms. The van der Waals surface area contributed by atoms with Crippen molar-refractivity contribution in [2.24, 2.45) is 0 Å². The van der Waals surface area contributed by atoms with Gasteiger partial charge in [-0.2, -0.15) is 0 Å². The summed E-state index contributed by atoms with van der Waals surface area (Å²) in [5.74, 6) is 1.05. The van der Waals surface area contributed by atoms with Crippen LogP contribution in [-0.4, -0.2) is 13.2 Å². The lowest BCUT2D eigenvalue weighted by atomic mass is 10.1. The average Bonchev–Trinajstić information content (AvgIpc) is 2.77. The monoisotopic (exact) mass is 471 g/mol. The first-order valence-electron chi connectivity index (χ1n) is 10.1. The summed E-state index contributed by atoms with van der Waals surface area (Å²) in [6.45, 7) is 3.28. The lowest BCUT2D eigenvalue weighted by molar-refractivity contribution is 0.282. The Hall–Kier alpha value is -2.37. The Bertz CT molecular complexity index is 932. The molecule has 1 unspecified atom stereocenters. The Morgan fingerprint density at radius 3 is 2.40 bits per heavy atom. The van der Waals surface area contributed by atoms with Crippen LogP contribution in [0.5, 0.6) is 11.5 Å². The molecule has 3 nitrogen and oxygen atoms in total. The Kier molecular flexibility index (Phi) is 8.29. The molecular formula is C25H27BrFNO2. The van der Waals surface area contributed by atoms with E-state index < -0.39 is 0 Å². The van der Waals surface area contributed by atoms with E-state index in [-0.39, 0.29) is 5.82 Å². The zero-order valence-electron chi connectivity index (χ0n) is 17.3. The summed E-state index contributed by atoms with van der Waals surface area (Å²) >= 11 is 3.60. The van der Waals surface area contributed by atoms with Crippen LogP contribution in [-0.2, 0) is 19.6 Å². The van der Waals surface area contributed by atoms with Gasteiger partial charge < -0.3 is 14.8 Å². The van der Waals surface area contributed by atoms with Crippen LogP contribution in [0.15, 0.2) is 71.2 Å². The van der Waals surface area contributed by atoms with Crippen molar-refractivity contribution < 1.29 is 13.9 Å². The molecule has 0 aromatic heterocycles. The van der Waals surface area contributed by atoms with Gasteiger partial charge >= 0.3 is 0 Å². The molecule has 0 aliphatic heterocycles.